The molecule has 0 atom stereocenters. The zero-order valence-corrected chi connectivity index (χ0v) is 10.2. The van der Waals surface area contributed by atoms with Gasteiger partial charge in [-0.2, -0.15) is 0 Å². The predicted molar refractivity (Wildman–Crippen MR) is 56.3 cm³/mol. The van der Waals surface area contributed by atoms with Crippen molar-refractivity contribution in [2.24, 2.45) is 0 Å². The van der Waals surface area contributed by atoms with Crippen molar-refractivity contribution in [3.8, 4) is 6.07 Å². The van der Waals surface area contributed by atoms with Gasteiger partial charge in [-0.3, -0.25) is 0 Å². The molecule has 0 bridgehead atoms. The third kappa shape index (κ3) is 3.05. The van der Waals surface area contributed by atoms with Gasteiger partial charge in [-0.25, -0.2) is 0 Å². The van der Waals surface area contributed by atoms with Crippen molar-refractivity contribution >= 4 is 25.5 Å². The van der Waals surface area contributed by atoms with E-state index >= 15 is 0 Å². The first kappa shape index (κ1) is 11.7. The molecule has 1 aromatic rings. The summed E-state index contributed by atoms with van der Waals surface area (Å²) in [7, 11) is 0. The van der Waals surface area contributed by atoms with Crippen LogP contribution in [0, 0.1) is 25.2 Å². The van der Waals surface area contributed by atoms with E-state index in [0.717, 1.165) is 11.3 Å². The molecular formula is C10H10N2O2Se. The molecular weight excluding hydrogens is 259 g/mol. The van der Waals surface area contributed by atoms with E-state index in [-0.39, 0.29) is 20.3 Å². The molecule has 78 valence electrons. The van der Waals surface area contributed by atoms with Gasteiger partial charge in [-0.15, -0.1) is 0 Å². The number of carboxylic acids is 1. The zero-order chi connectivity index (χ0) is 11.4. The average molecular weight is 269 g/mol. The summed E-state index contributed by atoms with van der Waals surface area (Å²) >= 11 is -0.270. The van der Waals surface area contributed by atoms with Crippen LogP contribution in [0.4, 0.5) is 0 Å². The van der Waals surface area contributed by atoms with Gasteiger partial charge in [0, 0.05) is 0 Å². The Balaban J connectivity index is 3.05. The molecule has 0 aliphatic carbocycles. The molecule has 0 saturated heterocycles. The van der Waals surface area contributed by atoms with E-state index in [9.17, 15) is 4.79 Å². The van der Waals surface area contributed by atoms with E-state index in [1.165, 1.54) is 0 Å². The quantitative estimate of drug-likeness (QED) is 0.806. The van der Waals surface area contributed by atoms with Crippen LogP contribution in [0.3, 0.4) is 0 Å². The van der Waals surface area contributed by atoms with E-state index < -0.39 is 5.97 Å². The number of nitrogens with zero attached hydrogens (tertiary/aromatic N) is 2. The summed E-state index contributed by atoms with van der Waals surface area (Å²) in [5, 5.41) is 17.6. The van der Waals surface area contributed by atoms with Crippen LogP contribution < -0.4 is 4.59 Å². The van der Waals surface area contributed by atoms with Crippen LogP contribution in [0.5, 0.6) is 0 Å². The third-order valence-electron chi connectivity index (χ3n) is 1.76. The van der Waals surface area contributed by atoms with Crippen molar-refractivity contribution in [1.29, 1.82) is 5.26 Å². The monoisotopic (exact) mass is 270 g/mol. The van der Waals surface area contributed by atoms with Crippen LogP contribution in [0.25, 0.3) is 0 Å². The average Bonchev–Trinajstić information content (AvgIpc) is 2.13. The number of rotatable bonds is 3. The van der Waals surface area contributed by atoms with E-state index in [0.29, 0.717) is 10.2 Å². The summed E-state index contributed by atoms with van der Waals surface area (Å²) < 4.78 is 0.643. The van der Waals surface area contributed by atoms with Crippen LogP contribution in [0.2, 0.25) is 5.32 Å². The van der Waals surface area contributed by atoms with Gasteiger partial charge in [-0.05, 0) is 0 Å². The number of hydrogen-bond donors (Lipinski definition) is 1. The number of carbonyl (C=O) groups is 1. The molecule has 0 aliphatic heterocycles. The van der Waals surface area contributed by atoms with Gasteiger partial charge in [0.25, 0.3) is 0 Å². The molecule has 0 aromatic carbocycles. The second-order valence-electron chi connectivity index (χ2n) is 3.05. The minimum atomic E-state index is -0.847. The number of carboxylic acid groups (broad SMARTS) is 1. The van der Waals surface area contributed by atoms with Crippen molar-refractivity contribution < 1.29 is 9.90 Å². The van der Waals surface area contributed by atoms with Gasteiger partial charge in [0.15, 0.2) is 0 Å². The van der Waals surface area contributed by atoms with Gasteiger partial charge < -0.3 is 0 Å². The van der Waals surface area contributed by atoms with E-state index in [2.05, 4.69) is 11.1 Å². The molecule has 1 aromatic heterocycles. The Bertz CT molecular complexity index is 438. The summed E-state index contributed by atoms with van der Waals surface area (Å²) in [6, 6.07) is 3.91. The van der Waals surface area contributed by atoms with Crippen LogP contribution in [0.1, 0.15) is 16.8 Å². The summed E-state index contributed by atoms with van der Waals surface area (Å²) in [5.74, 6) is -0.847. The summed E-state index contributed by atoms with van der Waals surface area (Å²) in [5.41, 5.74) is 2.22. The van der Waals surface area contributed by atoms with Crippen molar-refractivity contribution in [1.82, 2.24) is 4.98 Å². The second-order valence-corrected chi connectivity index (χ2v) is 5.08. The Morgan fingerprint density at radius 1 is 1.67 bits per heavy atom. The third-order valence-corrected chi connectivity index (χ3v) is 3.77. The SMILES string of the molecule is Cc1cc(C)c(C#N)c([Se]CC(=O)O)n1. The van der Waals surface area contributed by atoms with Crippen LogP contribution in [-0.4, -0.2) is 31.0 Å². The molecule has 0 radical (unpaired) electrons. The molecule has 4 nitrogen and oxygen atoms in total. The Morgan fingerprint density at radius 3 is 2.87 bits per heavy atom. The fourth-order valence-corrected chi connectivity index (χ4v) is 2.89. The van der Waals surface area contributed by atoms with Gasteiger partial charge in [0.2, 0.25) is 0 Å². The Hall–Kier alpha value is -1.37. The van der Waals surface area contributed by atoms with Gasteiger partial charge in [-0.1, -0.05) is 0 Å². The Morgan fingerprint density at radius 2 is 2.33 bits per heavy atom. The molecule has 5 heteroatoms. The Kier molecular flexibility index (Phi) is 3.84. The number of aryl methyl sites for hydroxylation is 2. The first-order valence-corrected chi connectivity index (χ1v) is 6.34. The first-order chi connectivity index (χ1) is 7.04. The van der Waals surface area contributed by atoms with Crippen LogP contribution in [0.15, 0.2) is 6.07 Å². The van der Waals surface area contributed by atoms with E-state index in [1.807, 2.05) is 19.9 Å². The number of nitriles is 1. The summed E-state index contributed by atoms with van der Waals surface area (Å²) in [6.07, 6.45) is 0. The zero-order valence-electron chi connectivity index (χ0n) is 8.44. The Labute approximate surface area is 94.1 Å². The molecule has 0 amide bonds. The topological polar surface area (TPSA) is 74.0 Å². The number of aromatic nitrogens is 1. The number of pyridine rings is 1. The van der Waals surface area contributed by atoms with E-state index in [4.69, 9.17) is 10.4 Å². The molecule has 1 heterocycles. The molecule has 15 heavy (non-hydrogen) atoms. The first-order valence-electron chi connectivity index (χ1n) is 4.27. The van der Waals surface area contributed by atoms with Gasteiger partial charge >= 0.3 is 93.8 Å². The molecule has 0 unspecified atom stereocenters. The second kappa shape index (κ2) is 4.92. The molecule has 0 saturated carbocycles. The van der Waals surface area contributed by atoms with Crippen molar-refractivity contribution in [3.63, 3.8) is 0 Å². The van der Waals surface area contributed by atoms with Crippen molar-refractivity contribution in [2.45, 2.75) is 19.2 Å². The molecule has 0 fully saturated rings. The van der Waals surface area contributed by atoms with Crippen LogP contribution in [-0.2, 0) is 4.79 Å². The summed E-state index contributed by atoms with van der Waals surface area (Å²) in [6.45, 7) is 3.68. The van der Waals surface area contributed by atoms with Gasteiger partial charge in [0.05, 0.1) is 0 Å². The van der Waals surface area contributed by atoms with Crippen LogP contribution >= 0.6 is 0 Å². The standard InChI is InChI=1S/C10H10N2O2Se/c1-6-3-7(2)12-10(8(6)4-11)15-5-9(13)14/h3H,5H2,1-2H3,(H,13,14). The predicted octanol–water partition coefficient (Wildman–Crippen LogP) is 0.403. The fourth-order valence-electron chi connectivity index (χ4n) is 1.17. The maximum absolute atomic E-state index is 10.4. The molecule has 1 N–H and O–H groups in total. The van der Waals surface area contributed by atoms with Crippen molar-refractivity contribution in [2.75, 3.05) is 0 Å². The number of aliphatic carboxylic acids is 1. The normalized spacial score (nSPS) is 9.67. The van der Waals surface area contributed by atoms with Gasteiger partial charge in [0.1, 0.15) is 0 Å². The summed E-state index contributed by atoms with van der Waals surface area (Å²) in [4.78, 5) is 14.7. The fraction of sp³-hybridized carbons (Fsp3) is 0.300. The van der Waals surface area contributed by atoms with Crippen molar-refractivity contribution in [3.05, 3.63) is 22.9 Å². The minimum absolute atomic E-state index is 0.0670. The number of hydrogen-bond acceptors (Lipinski definition) is 3. The van der Waals surface area contributed by atoms with E-state index in [1.54, 1.807) is 0 Å². The molecule has 0 aliphatic rings. The molecule has 0 spiro atoms. The molecule has 1 rings (SSSR count). The maximum atomic E-state index is 10.4.